The van der Waals surface area contributed by atoms with Crippen LogP contribution < -0.4 is 9.62 Å². The minimum atomic E-state index is -3.94. The fraction of sp³-hybridized carbons (Fsp3) is 0.391. The van der Waals surface area contributed by atoms with E-state index in [1.165, 1.54) is 11.0 Å². The Morgan fingerprint density at radius 2 is 1.71 bits per heavy atom. The minimum absolute atomic E-state index is 0.0355. The van der Waals surface area contributed by atoms with Gasteiger partial charge in [0.15, 0.2) is 0 Å². The van der Waals surface area contributed by atoms with Crippen LogP contribution >= 0.6 is 23.2 Å². The molecule has 0 heterocycles. The summed E-state index contributed by atoms with van der Waals surface area (Å²) in [5.74, 6) is -1.67. The van der Waals surface area contributed by atoms with Gasteiger partial charge in [-0.3, -0.25) is 13.9 Å². The Kier molecular flexibility index (Phi) is 9.73. The number of rotatable bonds is 10. The van der Waals surface area contributed by atoms with Crippen LogP contribution in [0.5, 0.6) is 0 Å². The number of anilines is 1. The molecule has 7 nitrogen and oxygen atoms in total. The highest BCUT2D eigenvalue weighted by molar-refractivity contribution is 7.92. The topological polar surface area (TPSA) is 86.8 Å². The fourth-order valence-electron chi connectivity index (χ4n) is 3.34. The van der Waals surface area contributed by atoms with E-state index in [1.807, 2.05) is 0 Å². The number of hydrogen-bond acceptors (Lipinski definition) is 4. The van der Waals surface area contributed by atoms with E-state index in [0.717, 1.165) is 22.7 Å². The summed E-state index contributed by atoms with van der Waals surface area (Å²) in [6, 6.07) is 9.17. The molecule has 0 bridgehead atoms. The Balaban J connectivity index is 2.45. The van der Waals surface area contributed by atoms with E-state index in [2.05, 4.69) is 5.32 Å². The molecule has 2 aromatic carbocycles. The Bertz CT molecular complexity index is 1130. The van der Waals surface area contributed by atoms with Crippen LogP contribution in [0, 0.1) is 5.82 Å². The molecule has 0 saturated heterocycles. The molecule has 0 unspecified atom stereocenters. The molecule has 0 radical (unpaired) electrons. The van der Waals surface area contributed by atoms with Crippen LogP contribution in [0.2, 0.25) is 10.0 Å². The summed E-state index contributed by atoms with van der Waals surface area (Å²) < 4.78 is 39.5. The summed E-state index contributed by atoms with van der Waals surface area (Å²) in [5.41, 5.74) is 0.748. The van der Waals surface area contributed by atoms with Gasteiger partial charge in [0.25, 0.3) is 0 Å². The smallest absolute Gasteiger partial charge is 0.244 e. The molecular formula is C23H28Cl2FN3O4S. The first-order chi connectivity index (χ1) is 15.8. The quantitative estimate of drug-likeness (QED) is 0.496. The van der Waals surface area contributed by atoms with Crippen LogP contribution in [-0.2, 0) is 26.2 Å². The predicted molar refractivity (Wildman–Crippen MR) is 133 cm³/mol. The SMILES string of the molecule is CC[C@H](C(=O)NC(C)C)N(Cc1ccc(Cl)cc1)C(=O)CN(c1ccc(F)c(Cl)c1)S(C)(=O)=O. The molecule has 186 valence electrons. The summed E-state index contributed by atoms with van der Waals surface area (Å²) in [5, 5.41) is 3.05. The van der Waals surface area contributed by atoms with E-state index in [-0.39, 0.29) is 29.2 Å². The van der Waals surface area contributed by atoms with Gasteiger partial charge < -0.3 is 10.2 Å². The molecule has 1 N–H and O–H groups in total. The van der Waals surface area contributed by atoms with Crippen molar-refractivity contribution in [1.82, 2.24) is 10.2 Å². The summed E-state index contributed by atoms with van der Waals surface area (Å²) >= 11 is 11.8. The summed E-state index contributed by atoms with van der Waals surface area (Å²) in [4.78, 5) is 27.7. The molecule has 0 aliphatic heterocycles. The zero-order valence-corrected chi connectivity index (χ0v) is 21.7. The zero-order valence-electron chi connectivity index (χ0n) is 19.4. The molecule has 11 heteroatoms. The number of halogens is 3. The Morgan fingerprint density at radius 3 is 2.21 bits per heavy atom. The maximum Gasteiger partial charge on any atom is 0.244 e. The number of hydrogen-bond donors (Lipinski definition) is 1. The van der Waals surface area contributed by atoms with Crippen LogP contribution in [0.4, 0.5) is 10.1 Å². The van der Waals surface area contributed by atoms with Gasteiger partial charge >= 0.3 is 0 Å². The average molecular weight is 532 g/mol. The molecule has 2 aromatic rings. The van der Waals surface area contributed by atoms with Gasteiger partial charge in [0.2, 0.25) is 21.8 Å². The van der Waals surface area contributed by atoms with Crippen molar-refractivity contribution < 1.29 is 22.4 Å². The second-order valence-corrected chi connectivity index (χ2v) is 10.9. The second-order valence-electron chi connectivity index (χ2n) is 8.10. The minimum Gasteiger partial charge on any atom is -0.352 e. The number of benzene rings is 2. The van der Waals surface area contributed by atoms with Gasteiger partial charge in [0, 0.05) is 17.6 Å². The van der Waals surface area contributed by atoms with Gasteiger partial charge in [0.05, 0.1) is 17.0 Å². The van der Waals surface area contributed by atoms with Crippen molar-refractivity contribution in [1.29, 1.82) is 0 Å². The number of carbonyl (C=O) groups excluding carboxylic acids is 2. The predicted octanol–water partition coefficient (Wildman–Crippen LogP) is 4.23. The van der Waals surface area contributed by atoms with Gasteiger partial charge in [0.1, 0.15) is 18.4 Å². The lowest BCUT2D eigenvalue weighted by molar-refractivity contribution is -0.140. The van der Waals surface area contributed by atoms with Gasteiger partial charge in [-0.1, -0.05) is 42.3 Å². The molecule has 0 aliphatic rings. The first kappa shape index (κ1) is 27.9. The molecule has 1 atom stereocenters. The highest BCUT2D eigenvalue weighted by atomic mass is 35.5. The Morgan fingerprint density at radius 1 is 1.09 bits per heavy atom. The Labute approximate surface area is 209 Å². The maximum absolute atomic E-state index is 13.6. The van der Waals surface area contributed by atoms with Crippen LogP contribution in [0.3, 0.4) is 0 Å². The van der Waals surface area contributed by atoms with E-state index in [9.17, 15) is 22.4 Å². The van der Waals surface area contributed by atoms with Crippen LogP contribution in [0.1, 0.15) is 32.8 Å². The molecule has 0 aromatic heterocycles. The highest BCUT2D eigenvalue weighted by Crippen LogP contribution is 2.25. The lowest BCUT2D eigenvalue weighted by atomic mass is 10.1. The van der Waals surface area contributed by atoms with Crippen molar-refractivity contribution in [3.8, 4) is 0 Å². The largest absolute Gasteiger partial charge is 0.352 e. The molecule has 34 heavy (non-hydrogen) atoms. The normalized spacial score (nSPS) is 12.4. The molecular weight excluding hydrogens is 504 g/mol. The van der Waals surface area contributed by atoms with Crippen LogP contribution in [0.25, 0.3) is 0 Å². The van der Waals surface area contributed by atoms with Crippen LogP contribution in [-0.4, -0.2) is 50.0 Å². The number of carbonyl (C=O) groups is 2. The number of amides is 2. The van der Waals surface area contributed by atoms with Crippen LogP contribution in [0.15, 0.2) is 42.5 Å². The summed E-state index contributed by atoms with van der Waals surface area (Å²) in [6.07, 6.45) is 1.24. The van der Waals surface area contributed by atoms with Crippen molar-refractivity contribution in [3.63, 3.8) is 0 Å². The van der Waals surface area contributed by atoms with E-state index in [1.54, 1.807) is 45.0 Å². The second kappa shape index (κ2) is 11.9. The molecule has 2 amide bonds. The number of sulfonamides is 1. The van der Waals surface area contributed by atoms with Gasteiger partial charge in [-0.15, -0.1) is 0 Å². The monoisotopic (exact) mass is 531 g/mol. The highest BCUT2D eigenvalue weighted by Gasteiger charge is 2.32. The molecule has 0 aliphatic carbocycles. The fourth-order valence-corrected chi connectivity index (χ4v) is 4.48. The van der Waals surface area contributed by atoms with Crippen molar-refractivity contribution in [2.75, 3.05) is 17.1 Å². The first-order valence-corrected chi connectivity index (χ1v) is 13.2. The number of nitrogens with zero attached hydrogens (tertiary/aromatic N) is 2. The maximum atomic E-state index is 13.6. The zero-order chi connectivity index (χ0) is 25.6. The van der Waals surface area contributed by atoms with E-state index in [0.29, 0.717) is 17.0 Å². The average Bonchev–Trinajstić information content (AvgIpc) is 2.74. The molecule has 0 fully saturated rings. The molecule has 0 spiro atoms. The molecule has 2 rings (SSSR count). The van der Waals surface area contributed by atoms with Crippen molar-refractivity contribution in [2.45, 2.75) is 45.8 Å². The third-order valence-electron chi connectivity index (χ3n) is 4.95. The lowest BCUT2D eigenvalue weighted by Crippen LogP contribution is -2.53. The third kappa shape index (κ3) is 7.58. The number of nitrogens with one attached hydrogen (secondary N) is 1. The van der Waals surface area contributed by atoms with Crippen molar-refractivity contribution in [3.05, 3.63) is 63.9 Å². The Hall–Kier alpha value is -2.36. The van der Waals surface area contributed by atoms with Gasteiger partial charge in [-0.25, -0.2) is 12.8 Å². The first-order valence-electron chi connectivity index (χ1n) is 10.6. The molecule has 0 saturated carbocycles. The van der Waals surface area contributed by atoms with Crippen molar-refractivity contribution >= 4 is 50.7 Å². The third-order valence-corrected chi connectivity index (χ3v) is 6.64. The van der Waals surface area contributed by atoms with E-state index < -0.39 is 34.3 Å². The summed E-state index contributed by atoms with van der Waals surface area (Å²) in [7, 11) is -3.94. The van der Waals surface area contributed by atoms with E-state index in [4.69, 9.17) is 23.2 Å². The van der Waals surface area contributed by atoms with Crippen molar-refractivity contribution in [2.24, 2.45) is 0 Å². The standard InChI is InChI=1S/C23H28Cl2FN3O4S/c1-5-21(23(31)27-15(2)3)28(13-16-6-8-17(24)9-7-16)22(30)14-29(34(4,32)33)18-10-11-20(26)19(25)12-18/h6-12,15,21H,5,13-14H2,1-4H3,(H,27,31)/t21-/m1/s1. The lowest BCUT2D eigenvalue weighted by Gasteiger charge is -2.33. The van der Waals surface area contributed by atoms with Gasteiger partial charge in [-0.05, 0) is 56.2 Å². The van der Waals surface area contributed by atoms with E-state index >= 15 is 0 Å². The summed E-state index contributed by atoms with van der Waals surface area (Å²) in [6.45, 7) is 4.84. The van der Waals surface area contributed by atoms with Gasteiger partial charge in [-0.2, -0.15) is 0 Å².